The van der Waals surface area contributed by atoms with E-state index in [4.69, 9.17) is 0 Å². The van der Waals surface area contributed by atoms with Crippen LogP contribution in [0.5, 0.6) is 0 Å². The second-order valence-electron chi connectivity index (χ2n) is 8.23. The smallest absolute Gasteiger partial charge is 0.0803 e. The minimum Gasteiger partial charge on any atom is -0.0803 e. The third-order valence-electron chi connectivity index (χ3n) is 6.64. The highest BCUT2D eigenvalue weighted by Crippen LogP contribution is 2.84. The second-order valence-corrected chi connectivity index (χ2v) is 18.8. The summed E-state index contributed by atoms with van der Waals surface area (Å²) in [7, 11) is -0.827. The highest BCUT2D eigenvalue weighted by Gasteiger charge is 2.55. The molecule has 0 spiro atoms. The van der Waals surface area contributed by atoms with Gasteiger partial charge in [-0.3, -0.25) is 0 Å². The maximum atomic E-state index is 2.77. The lowest BCUT2D eigenvalue weighted by Crippen LogP contribution is -2.14. The van der Waals surface area contributed by atoms with Gasteiger partial charge in [-0.05, 0) is 96.1 Å². The molecule has 2 saturated heterocycles. The molecule has 0 aromatic carbocycles. The van der Waals surface area contributed by atoms with Crippen molar-refractivity contribution < 1.29 is 0 Å². The van der Waals surface area contributed by atoms with Gasteiger partial charge in [0.25, 0.3) is 0 Å². The van der Waals surface area contributed by atoms with Gasteiger partial charge < -0.3 is 0 Å². The van der Waals surface area contributed by atoms with Crippen LogP contribution in [0.1, 0.15) is 73.1 Å². The topological polar surface area (TPSA) is 0 Å². The maximum absolute atomic E-state index is 2.77. The molecule has 24 heavy (non-hydrogen) atoms. The number of hydrogen-bond acceptors (Lipinski definition) is 0. The zero-order valence-corrected chi connectivity index (χ0v) is 21.4. The van der Waals surface area contributed by atoms with Gasteiger partial charge in [0.2, 0.25) is 0 Å². The summed E-state index contributed by atoms with van der Waals surface area (Å²) in [6, 6.07) is 0. The molecular weight excluding hydrogens is 460 g/mol. The minimum absolute atomic E-state index is 0.111. The lowest BCUT2D eigenvalue weighted by atomic mass is 10.2. The van der Waals surface area contributed by atoms with Crippen molar-refractivity contribution in [3.63, 3.8) is 0 Å². The standard InChI is InChI=1S/C20H37IP3/c1-15(22-21)9-7-8-10-20(23-16(2)11-12-17(23)3)24(6)18(4)13-14-19(24)5/h9-10,16-19,22H,7-8,11-14H2,1-6H3/q+1/b15-9-,20-10-/t16-,17-,18-,19-/m1/s1. The van der Waals surface area contributed by atoms with Gasteiger partial charge in [0, 0.05) is 7.26 Å². The maximum Gasteiger partial charge on any atom is 0.0896 e. The Morgan fingerprint density at radius 3 is 2.00 bits per heavy atom. The largest absolute Gasteiger partial charge is 0.0896 e. The van der Waals surface area contributed by atoms with E-state index in [-0.39, 0.29) is 7.92 Å². The Morgan fingerprint density at radius 2 is 1.50 bits per heavy atom. The van der Waals surface area contributed by atoms with Gasteiger partial charge in [-0.2, -0.15) is 0 Å². The van der Waals surface area contributed by atoms with Crippen molar-refractivity contribution in [3.05, 3.63) is 22.5 Å². The summed E-state index contributed by atoms with van der Waals surface area (Å²) in [6.45, 7) is 15.3. The molecular formula is C20H37IP3+. The SMILES string of the molecule is C/C(=C/CC/C=C(/P1[C@H](C)CC[C@H]1C)[P+]1(C)[C@H](C)CC[C@H]1C)PI. The van der Waals surface area contributed by atoms with Crippen LogP contribution in [0, 0.1) is 0 Å². The highest BCUT2D eigenvalue weighted by molar-refractivity contribution is 14.2. The molecule has 0 saturated carbocycles. The average molecular weight is 497 g/mol. The molecule has 0 aromatic heterocycles. The van der Waals surface area contributed by atoms with Gasteiger partial charge in [-0.25, -0.2) is 0 Å². The van der Waals surface area contributed by atoms with E-state index >= 15 is 0 Å². The predicted molar refractivity (Wildman–Crippen MR) is 129 cm³/mol. The number of unbranched alkanes of at least 4 members (excludes halogenated alkanes) is 1. The number of hydrogen-bond donors (Lipinski definition) is 0. The molecule has 0 aliphatic carbocycles. The third kappa shape index (κ3) is 4.66. The molecule has 1 unspecified atom stereocenters. The molecule has 4 heteroatoms. The summed E-state index contributed by atoms with van der Waals surface area (Å²) in [6.07, 6.45) is 14.6. The average Bonchev–Trinajstić information content (AvgIpc) is 3.02. The number of allylic oxidation sites excluding steroid dienone is 3. The summed E-state index contributed by atoms with van der Waals surface area (Å²) in [4.78, 5) is 0. The van der Waals surface area contributed by atoms with Crippen LogP contribution in [0.3, 0.4) is 0 Å². The van der Waals surface area contributed by atoms with Crippen molar-refractivity contribution >= 4 is 43.4 Å². The number of halogens is 1. The Labute approximate surface area is 167 Å². The molecule has 2 aliphatic heterocycles. The van der Waals surface area contributed by atoms with Crippen LogP contribution in [-0.2, 0) is 0 Å². The Bertz CT molecular complexity index is 465. The van der Waals surface area contributed by atoms with Gasteiger partial charge >= 0.3 is 0 Å². The summed E-state index contributed by atoms with van der Waals surface area (Å²) in [5.41, 5.74) is 3.86. The predicted octanol–water partition coefficient (Wildman–Crippen LogP) is 8.81. The lowest BCUT2D eigenvalue weighted by molar-refractivity contribution is 0.777. The summed E-state index contributed by atoms with van der Waals surface area (Å²) < 4.78 is 0. The van der Waals surface area contributed by atoms with Crippen molar-refractivity contribution in [2.24, 2.45) is 0 Å². The Kier molecular flexibility index (Phi) is 8.74. The molecule has 2 fully saturated rings. The van der Waals surface area contributed by atoms with Crippen molar-refractivity contribution in [2.45, 2.75) is 95.8 Å². The van der Waals surface area contributed by atoms with Crippen LogP contribution in [0.25, 0.3) is 0 Å². The van der Waals surface area contributed by atoms with E-state index in [1.165, 1.54) is 38.5 Å². The van der Waals surface area contributed by atoms with Crippen molar-refractivity contribution in [2.75, 3.05) is 6.66 Å². The first-order valence-electron chi connectivity index (χ1n) is 9.70. The first-order valence-corrected chi connectivity index (χ1v) is 17.7. The van der Waals surface area contributed by atoms with Gasteiger partial charge in [0.15, 0.2) is 0 Å². The molecule has 138 valence electrons. The fraction of sp³-hybridized carbons (Fsp3) is 0.800. The van der Waals surface area contributed by atoms with Gasteiger partial charge in [-0.1, -0.05) is 42.0 Å². The third-order valence-corrected chi connectivity index (χ3v) is 20.2. The van der Waals surface area contributed by atoms with Crippen LogP contribution in [0.4, 0.5) is 0 Å². The summed E-state index contributed by atoms with van der Waals surface area (Å²) >= 11 is 2.51. The van der Waals surface area contributed by atoms with Crippen LogP contribution < -0.4 is 0 Å². The molecule has 0 nitrogen and oxygen atoms in total. The fourth-order valence-electron chi connectivity index (χ4n) is 4.65. The molecule has 2 aliphatic rings. The van der Waals surface area contributed by atoms with E-state index in [2.05, 4.69) is 75.5 Å². The van der Waals surface area contributed by atoms with Gasteiger partial charge in [0.1, 0.15) is 0 Å². The first kappa shape index (κ1) is 21.8. The van der Waals surface area contributed by atoms with Crippen LogP contribution in [0.2, 0.25) is 0 Å². The molecule has 0 radical (unpaired) electrons. The molecule has 0 N–H and O–H groups in total. The normalized spacial score (nSPS) is 35.5. The molecule has 0 aromatic rings. The lowest BCUT2D eigenvalue weighted by Gasteiger charge is -2.35. The van der Waals surface area contributed by atoms with E-state index in [0.717, 1.165) is 28.9 Å². The van der Waals surface area contributed by atoms with Crippen LogP contribution >= 0.6 is 43.4 Å². The van der Waals surface area contributed by atoms with E-state index in [9.17, 15) is 0 Å². The molecule has 2 rings (SSSR count). The second kappa shape index (κ2) is 9.62. The molecule has 5 atom stereocenters. The van der Waals surface area contributed by atoms with E-state index in [0.29, 0.717) is 0 Å². The van der Waals surface area contributed by atoms with Crippen LogP contribution in [0.15, 0.2) is 22.5 Å². The Balaban J connectivity index is 2.28. The monoisotopic (exact) mass is 497 g/mol. The molecule has 0 amide bonds. The Hall–Kier alpha value is 1.50. The van der Waals surface area contributed by atoms with E-state index in [1.807, 2.05) is 5.06 Å². The van der Waals surface area contributed by atoms with Gasteiger partial charge in [-0.15, -0.1) is 0 Å². The molecule has 2 heterocycles. The summed E-state index contributed by atoms with van der Waals surface area (Å²) in [5, 5.41) is 3.60. The number of rotatable bonds is 6. The summed E-state index contributed by atoms with van der Waals surface area (Å²) in [5.74, 6) is 0. The van der Waals surface area contributed by atoms with E-state index < -0.39 is 7.26 Å². The first-order chi connectivity index (χ1) is 11.3. The van der Waals surface area contributed by atoms with Crippen molar-refractivity contribution in [1.29, 1.82) is 0 Å². The minimum atomic E-state index is -0.938. The van der Waals surface area contributed by atoms with E-state index in [1.54, 1.807) is 5.31 Å². The van der Waals surface area contributed by atoms with Crippen molar-refractivity contribution in [3.8, 4) is 0 Å². The fourth-order valence-corrected chi connectivity index (χ4v) is 16.5. The highest BCUT2D eigenvalue weighted by atomic mass is 127. The van der Waals surface area contributed by atoms with Crippen molar-refractivity contribution in [1.82, 2.24) is 0 Å². The zero-order chi connectivity index (χ0) is 17.9. The van der Waals surface area contributed by atoms with Gasteiger partial charge in [0.05, 0.1) is 23.0 Å². The quantitative estimate of drug-likeness (QED) is 0.195. The van der Waals surface area contributed by atoms with Crippen LogP contribution in [-0.4, -0.2) is 29.3 Å². The Morgan fingerprint density at radius 1 is 1.00 bits per heavy atom. The molecule has 0 bridgehead atoms. The zero-order valence-electron chi connectivity index (χ0n) is 16.5.